The van der Waals surface area contributed by atoms with E-state index < -0.39 is 6.29 Å². The molecule has 4 rings (SSSR count). The average molecular weight is 629 g/mol. The fraction of sp³-hybridized carbons (Fsp3) is 0.561. The van der Waals surface area contributed by atoms with Gasteiger partial charge in [0, 0.05) is 25.1 Å². The van der Waals surface area contributed by atoms with Crippen molar-refractivity contribution >= 4 is 0 Å². The average Bonchev–Trinajstić information content (AvgIpc) is 3.11. The maximum Gasteiger partial charge on any atom is 0.184 e. The monoisotopic (exact) mass is 628 g/mol. The minimum Gasteiger partial charge on any atom is -0.392 e. The maximum atomic E-state index is 9.61. The summed E-state index contributed by atoms with van der Waals surface area (Å²) in [4.78, 5) is 2.67. The molecule has 0 aromatic heterocycles. The van der Waals surface area contributed by atoms with Crippen LogP contribution in [0.3, 0.4) is 0 Å². The Labute approximate surface area is 279 Å². The van der Waals surface area contributed by atoms with Crippen molar-refractivity contribution in [1.29, 1.82) is 0 Å². The van der Waals surface area contributed by atoms with Gasteiger partial charge in [-0.2, -0.15) is 0 Å². The highest BCUT2D eigenvalue weighted by Gasteiger charge is 2.33. The number of benzene rings is 3. The van der Waals surface area contributed by atoms with Crippen LogP contribution in [0.1, 0.15) is 132 Å². The molecule has 1 fully saturated rings. The van der Waals surface area contributed by atoms with E-state index in [1.807, 2.05) is 18.2 Å². The quantitative estimate of drug-likeness (QED) is 0.115. The van der Waals surface area contributed by atoms with Crippen molar-refractivity contribution in [2.75, 3.05) is 19.6 Å². The Balaban J connectivity index is 1.48. The first-order valence-corrected chi connectivity index (χ1v) is 18.3. The van der Waals surface area contributed by atoms with E-state index in [0.29, 0.717) is 6.54 Å². The van der Waals surface area contributed by atoms with Gasteiger partial charge in [-0.3, -0.25) is 0 Å². The normalized spacial score (nSPS) is 18.3. The van der Waals surface area contributed by atoms with Crippen LogP contribution in [0.2, 0.25) is 0 Å². The number of unbranched alkanes of at least 4 members (excludes halogenated alkanes) is 10. The van der Waals surface area contributed by atoms with Gasteiger partial charge in [-0.25, -0.2) is 0 Å². The third-order valence-electron chi connectivity index (χ3n) is 9.46. The lowest BCUT2D eigenvalue weighted by molar-refractivity contribution is -0.253. The van der Waals surface area contributed by atoms with Gasteiger partial charge in [-0.1, -0.05) is 151 Å². The number of hydrogen-bond donors (Lipinski definition) is 2. The molecule has 3 aromatic carbocycles. The summed E-state index contributed by atoms with van der Waals surface area (Å²) in [5.41, 5.74) is 12.6. The maximum absolute atomic E-state index is 9.61. The first kappa shape index (κ1) is 36.3. The Bertz CT molecular complexity index is 1210. The first-order valence-electron chi connectivity index (χ1n) is 18.3. The van der Waals surface area contributed by atoms with Gasteiger partial charge in [-0.05, 0) is 53.7 Å². The van der Waals surface area contributed by atoms with E-state index in [9.17, 15) is 5.11 Å². The molecule has 0 unspecified atom stereocenters. The number of nitrogens with zero attached hydrogens (tertiary/aromatic N) is 1. The van der Waals surface area contributed by atoms with E-state index in [0.717, 1.165) is 53.9 Å². The van der Waals surface area contributed by atoms with Crippen molar-refractivity contribution in [3.63, 3.8) is 0 Å². The van der Waals surface area contributed by atoms with E-state index in [1.165, 1.54) is 82.6 Å². The predicted octanol–water partition coefficient (Wildman–Crippen LogP) is 9.87. The summed E-state index contributed by atoms with van der Waals surface area (Å²) < 4.78 is 13.5. The second-order valence-electron chi connectivity index (χ2n) is 13.2. The van der Waals surface area contributed by atoms with Gasteiger partial charge in [0.25, 0.3) is 0 Å². The summed E-state index contributed by atoms with van der Waals surface area (Å²) in [5.74, 6) is 0. The molecule has 252 valence electrons. The SMILES string of the molecule is CCCCCCCCN(CCCCCCCC)C[C@@H]1C[C@H](c2ccc(CO)cc2)O[C@H](c2ccc(-c3ccccc3CN)cc2)O1. The second-order valence-corrected chi connectivity index (χ2v) is 13.2. The van der Waals surface area contributed by atoms with Crippen molar-refractivity contribution in [3.8, 4) is 11.1 Å². The van der Waals surface area contributed by atoms with Gasteiger partial charge >= 0.3 is 0 Å². The highest BCUT2D eigenvalue weighted by molar-refractivity contribution is 5.67. The number of nitrogens with two attached hydrogens (primary N) is 1. The topological polar surface area (TPSA) is 68.0 Å². The fourth-order valence-corrected chi connectivity index (χ4v) is 6.65. The third-order valence-corrected chi connectivity index (χ3v) is 9.46. The Morgan fingerprint density at radius 2 is 1.28 bits per heavy atom. The first-order chi connectivity index (χ1) is 22.6. The predicted molar refractivity (Wildman–Crippen MR) is 191 cm³/mol. The van der Waals surface area contributed by atoms with Gasteiger partial charge in [0.1, 0.15) is 0 Å². The van der Waals surface area contributed by atoms with Gasteiger partial charge in [0.05, 0.1) is 18.8 Å². The van der Waals surface area contributed by atoms with E-state index in [4.69, 9.17) is 15.2 Å². The molecule has 1 saturated heterocycles. The number of aliphatic hydroxyl groups is 1. The molecular formula is C41H60N2O3. The summed E-state index contributed by atoms with van der Waals surface area (Å²) in [7, 11) is 0. The summed E-state index contributed by atoms with van der Waals surface area (Å²) >= 11 is 0. The molecule has 1 aliphatic rings. The third kappa shape index (κ3) is 11.6. The van der Waals surface area contributed by atoms with Crippen LogP contribution in [0.5, 0.6) is 0 Å². The standard InChI is InChI=1S/C41H60N2O3/c1-3-5-7-9-11-15-27-43(28-16-12-10-8-6-4-2)31-38-29-40(35-21-19-33(32-44)20-22-35)46-41(45-38)36-25-23-34(24-26-36)39-18-14-13-17-37(39)30-42/h13-14,17-26,38,40-41,44H,3-12,15-16,27-32,42H2,1-2H3/t38-,40+,41+/m0/s1. The van der Waals surface area contributed by atoms with Crippen molar-refractivity contribution in [1.82, 2.24) is 4.90 Å². The summed E-state index contributed by atoms with van der Waals surface area (Å²) in [5, 5.41) is 9.61. The summed E-state index contributed by atoms with van der Waals surface area (Å²) in [6, 6.07) is 25.2. The molecule has 0 radical (unpaired) electrons. The molecule has 3 N–H and O–H groups in total. The van der Waals surface area contributed by atoms with Gasteiger partial charge in [0.2, 0.25) is 0 Å². The second kappa shape index (κ2) is 20.6. The molecule has 3 aromatic rings. The zero-order chi connectivity index (χ0) is 32.4. The van der Waals surface area contributed by atoms with Crippen LogP contribution in [0.15, 0.2) is 72.8 Å². The zero-order valence-corrected chi connectivity index (χ0v) is 28.7. The molecule has 5 heteroatoms. The molecule has 46 heavy (non-hydrogen) atoms. The molecule has 0 aliphatic carbocycles. The lowest BCUT2D eigenvalue weighted by atomic mass is 9.97. The van der Waals surface area contributed by atoms with Gasteiger partial charge in [0.15, 0.2) is 6.29 Å². The highest BCUT2D eigenvalue weighted by Crippen LogP contribution is 2.39. The summed E-state index contributed by atoms with van der Waals surface area (Å²) in [6.07, 6.45) is 16.2. The van der Waals surface area contributed by atoms with Crippen LogP contribution >= 0.6 is 0 Å². The molecule has 3 atom stereocenters. The Kier molecular flexibility index (Phi) is 16.3. The van der Waals surface area contributed by atoms with Crippen molar-refractivity contribution in [2.24, 2.45) is 5.73 Å². The number of hydrogen-bond acceptors (Lipinski definition) is 5. The van der Waals surface area contributed by atoms with Crippen molar-refractivity contribution in [3.05, 3.63) is 95.1 Å². The lowest BCUT2D eigenvalue weighted by Crippen LogP contribution is -2.40. The molecular weight excluding hydrogens is 568 g/mol. The molecule has 0 spiro atoms. The van der Waals surface area contributed by atoms with Gasteiger partial charge < -0.3 is 25.2 Å². The Morgan fingerprint density at radius 3 is 1.89 bits per heavy atom. The molecule has 0 saturated carbocycles. The van der Waals surface area contributed by atoms with Crippen LogP contribution in [-0.2, 0) is 22.6 Å². The smallest absolute Gasteiger partial charge is 0.184 e. The minimum atomic E-state index is -0.440. The Morgan fingerprint density at radius 1 is 0.696 bits per heavy atom. The number of ether oxygens (including phenoxy) is 2. The fourth-order valence-electron chi connectivity index (χ4n) is 6.65. The van der Waals surface area contributed by atoms with Crippen LogP contribution in [0.4, 0.5) is 0 Å². The van der Waals surface area contributed by atoms with Crippen LogP contribution in [0, 0.1) is 0 Å². The van der Waals surface area contributed by atoms with Crippen LogP contribution in [-0.4, -0.2) is 35.7 Å². The van der Waals surface area contributed by atoms with E-state index in [1.54, 1.807) is 0 Å². The van der Waals surface area contributed by atoms with Crippen LogP contribution in [0.25, 0.3) is 11.1 Å². The molecule has 1 heterocycles. The van der Waals surface area contributed by atoms with Crippen LogP contribution < -0.4 is 5.73 Å². The molecule has 0 bridgehead atoms. The minimum absolute atomic E-state index is 0.0473. The highest BCUT2D eigenvalue weighted by atomic mass is 16.7. The van der Waals surface area contributed by atoms with Gasteiger partial charge in [-0.15, -0.1) is 0 Å². The molecule has 5 nitrogen and oxygen atoms in total. The molecule has 1 aliphatic heterocycles. The van der Waals surface area contributed by atoms with E-state index in [2.05, 4.69) is 73.3 Å². The van der Waals surface area contributed by atoms with E-state index >= 15 is 0 Å². The number of rotatable bonds is 21. The lowest BCUT2D eigenvalue weighted by Gasteiger charge is -2.38. The summed E-state index contributed by atoms with van der Waals surface area (Å²) in [6.45, 7) is 8.33. The largest absolute Gasteiger partial charge is 0.392 e. The molecule has 0 amide bonds. The Hall–Kier alpha value is -2.54. The zero-order valence-electron chi connectivity index (χ0n) is 28.7. The van der Waals surface area contributed by atoms with E-state index in [-0.39, 0.29) is 18.8 Å². The van der Waals surface area contributed by atoms with Crippen molar-refractivity contribution in [2.45, 2.75) is 129 Å². The number of aliphatic hydroxyl groups excluding tert-OH is 1. The van der Waals surface area contributed by atoms with Crippen molar-refractivity contribution < 1.29 is 14.6 Å².